The first-order chi connectivity index (χ1) is 14.5. The highest BCUT2D eigenvalue weighted by Crippen LogP contribution is 2.27. The molecule has 1 amide bonds. The molecule has 0 radical (unpaired) electrons. The number of hydrogen-bond acceptors (Lipinski definition) is 4. The molecule has 0 fully saturated rings. The first kappa shape index (κ1) is 19.3. The standard InChI is InChI=1S/C24H22N4O2/c1-27(2)19-8-6-7-17(15-19)22-16-23(24(25)29)28(26-22)18-11-13-21(14-12-18)30-20-9-4-3-5-10-20/h3-16H,1-2H3,(H2,25,29). The number of ether oxygens (including phenoxy) is 1. The molecule has 0 aliphatic rings. The number of nitrogens with zero attached hydrogens (tertiary/aromatic N) is 3. The number of anilines is 1. The van der Waals surface area contributed by atoms with E-state index >= 15 is 0 Å². The van der Waals surface area contributed by atoms with Gasteiger partial charge in [-0.3, -0.25) is 4.79 Å². The number of primary amides is 1. The van der Waals surface area contributed by atoms with Crippen molar-refractivity contribution in [1.29, 1.82) is 0 Å². The molecule has 1 aromatic heterocycles. The van der Waals surface area contributed by atoms with Gasteiger partial charge in [0.05, 0.1) is 11.4 Å². The predicted molar refractivity (Wildman–Crippen MR) is 118 cm³/mol. The third-order valence-electron chi connectivity index (χ3n) is 4.68. The molecule has 0 saturated carbocycles. The summed E-state index contributed by atoms with van der Waals surface area (Å²) in [6, 6.07) is 26.6. The highest BCUT2D eigenvalue weighted by molar-refractivity contribution is 5.93. The fraction of sp³-hybridized carbons (Fsp3) is 0.0833. The number of amides is 1. The number of carbonyl (C=O) groups excluding carboxylic acids is 1. The maximum Gasteiger partial charge on any atom is 0.267 e. The minimum atomic E-state index is -0.540. The number of nitrogens with two attached hydrogens (primary N) is 1. The Kier molecular flexibility index (Phi) is 5.22. The van der Waals surface area contributed by atoms with Gasteiger partial charge in [-0.1, -0.05) is 30.3 Å². The highest BCUT2D eigenvalue weighted by Gasteiger charge is 2.16. The molecular weight excluding hydrogens is 376 g/mol. The summed E-state index contributed by atoms with van der Waals surface area (Å²) in [5.74, 6) is 0.906. The second-order valence-electron chi connectivity index (χ2n) is 7.04. The summed E-state index contributed by atoms with van der Waals surface area (Å²) in [7, 11) is 3.96. The lowest BCUT2D eigenvalue weighted by Gasteiger charge is -2.12. The average molecular weight is 398 g/mol. The second-order valence-corrected chi connectivity index (χ2v) is 7.04. The molecule has 6 nitrogen and oxygen atoms in total. The van der Waals surface area contributed by atoms with E-state index in [1.165, 1.54) is 0 Å². The minimum absolute atomic E-state index is 0.317. The minimum Gasteiger partial charge on any atom is -0.457 e. The van der Waals surface area contributed by atoms with E-state index < -0.39 is 5.91 Å². The van der Waals surface area contributed by atoms with Gasteiger partial charge < -0.3 is 15.4 Å². The van der Waals surface area contributed by atoms with E-state index in [1.807, 2.05) is 97.9 Å². The highest BCUT2D eigenvalue weighted by atomic mass is 16.5. The van der Waals surface area contributed by atoms with E-state index in [-0.39, 0.29) is 0 Å². The van der Waals surface area contributed by atoms with Gasteiger partial charge in [0.15, 0.2) is 0 Å². The Morgan fingerprint density at radius 2 is 1.60 bits per heavy atom. The van der Waals surface area contributed by atoms with Crippen molar-refractivity contribution in [3.8, 4) is 28.4 Å². The first-order valence-electron chi connectivity index (χ1n) is 9.52. The molecule has 0 aliphatic carbocycles. The summed E-state index contributed by atoms with van der Waals surface area (Å²) < 4.78 is 7.39. The molecule has 0 saturated heterocycles. The molecule has 3 aromatic carbocycles. The van der Waals surface area contributed by atoms with Crippen molar-refractivity contribution in [2.24, 2.45) is 5.73 Å². The van der Waals surface area contributed by atoms with Crippen molar-refractivity contribution in [1.82, 2.24) is 9.78 Å². The van der Waals surface area contributed by atoms with Gasteiger partial charge in [0.2, 0.25) is 0 Å². The Labute approximate surface area is 175 Å². The number of carbonyl (C=O) groups is 1. The van der Waals surface area contributed by atoms with Crippen LogP contribution in [-0.2, 0) is 0 Å². The van der Waals surface area contributed by atoms with Gasteiger partial charge >= 0.3 is 0 Å². The smallest absolute Gasteiger partial charge is 0.267 e. The summed E-state index contributed by atoms with van der Waals surface area (Å²) in [5, 5.41) is 4.64. The fourth-order valence-corrected chi connectivity index (χ4v) is 3.12. The Morgan fingerprint density at radius 1 is 0.900 bits per heavy atom. The van der Waals surface area contributed by atoms with E-state index in [1.54, 1.807) is 10.7 Å². The van der Waals surface area contributed by atoms with Gasteiger partial charge in [-0.05, 0) is 54.6 Å². The first-order valence-corrected chi connectivity index (χ1v) is 9.52. The maximum absolute atomic E-state index is 12.1. The van der Waals surface area contributed by atoms with Crippen molar-refractivity contribution in [2.75, 3.05) is 19.0 Å². The molecule has 0 bridgehead atoms. The molecule has 6 heteroatoms. The van der Waals surface area contributed by atoms with Crippen molar-refractivity contribution >= 4 is 11.6 Å². The van der Waals surface area contributed by atoms with Crippen molar-refractivity contribution in [3.05, 3.63) is 90.6 Å². The Hall–Kier alpha value is -4.06. The van der Waals surface area contributed by atoms with Crippen LogP contribution in [0, 0.1) is 0 Å². The Morgan fingerprint density at radius 3 is 2.27 bits per heavy atom. The third-order valence-corrected chi connectivity index (χ3v) is 4.68. The van der Waals surface area contributed by atoms with Gasteiger partial charge in [-0.25, -0.2) is 4.68 Å². The number of para-hydroxylation sites is 1. The second kappa shape index (κ2) is 8.13. The molecule has 0 atom stereocenters. The third kappa shape index (κ3) is 4.03. The molecule has 1 heterocycles. The topological polar surface area (TPSA) is 73.4 Å². The predicted octanol–water partition coefficient (Wildman–Crippen LogP) is 4.50. The molecule has 150 valence electrons. The van der Waals surface area contributed by atoms with Crippen LogP contribution >= 0.6 is 0 Å². The van der Waals surface area contributed by atoms with E-state index in [0.29, 0.717) is 17.1 Å². The van der Waals surface area contributed by atoms with E-state index in [9.17, 15) is 4.79 Å². The van der Waals surface area contributed by atoms with Gasteiger partial charge in [0, 0.05) is 25.3 Å². The van der Waals surface area contributed by atoms with Crippen LogP contribution in [0.25, 0.3) is 16.9 Å². The number of benzene rings is 3. The van der Waals surface area contributed by atoms with Crippen LogP contribution in [0.1, 0.15) is 10.5 Å². The monoisotopic (exact) mass is 398 g/mol. The fourth-order valence-electron chi connectivity index (χ4n) is 3.12. The molecule has 2 N–H and O–H groups in total. The van der Waals surface area contributed by atoms with E-state index in [0.717, 1.165) is 22.7 Å². The zero-order valence-corrected chi connectivity index (χ0v) is 16.8. The van der Waals surface area contributed by atoms with Gasteiger partial charge in [-0.2, -0.15) is 5.10 Å². The Bertz CT molecular complexity index is 1170. The van der Waals surface area contributed by atoms with Crippen LogP contribution in [0.4, 0.5) is 5.69 Å². The summed E-state index contributed by atoms with van der Waals surface area (Å²) in [6.07, 6.45) is 0. The average Bonchev–Trinajstić information content (AvgIpc) is 3.21. The molecular formula is C24H22N4O2. The number of hydrogen-bond donors (Lipinski definition) is 1. The van der Waals surface area contributed by atoms with E-state index in [2.05, 4.69) is 5.10 Å². The largest absolute Gasteiger partial charge is 0.457 e. The maximum atomic E-state index is 12.1. The number of rotatable bonds is 6. The lowest BCUT2D eigenvalue weighted by molar-refractivity contribution is 0.0993. The molecule has 0 spiro atoms. The zero-order chi connectivity index (χ0) is 21.1. The van der Waals surface area contributed by atoms with E-state index in [4.69, 9.17) is 10.5 Å². The van der Waals surface area contributed by atoms with Crippen LogP contribution in [0.2, 0.25) is 0 Å². The zero-order valence-electron chi connectivity index (χ0n) is 16.8. The summed E-state index contributed by atoms with van der Waals surface area (Å²) in [5.41, 5.74) is 9.29. The van der Waals surface area contributed by atoms with Crippen LogP contribution in [-0.4, -0.2) is 29.8 Å². The molecule has 0 aliphatic heterocycles. The van der Waals surface area contributed by atoms with Gasteiger partial charge in [0.25, 0.3) is 5.91 Å². The van der Waals surface area contributed by atoms with Crippen LogP contribution in [0.3, 0.4) is 0 Å². The van der Waals surface area contributed by atoms with Crippen molar-refractivity contribution in [3.63, 3.8) is 0 Å². The van der Waals surface area contributed by atoms with Crippen molar-refractivity contribution < 1.29 is 9.53 Å². The Balaban J connectivity index is 1.67. The summed E-state index contributed by atoms with van der Waals surface area (Å²) in [6.45, 7) is 0. The summed E-state index contributed by atoms with van der Waals surface area (Å²) in [4.78, 5) is 14.1. The van der Waals surface area contributed by atoms with Gasteiger partial charge in [-0.15, -0.1) is 0 Å². The molecule has 4 aromatic rings. The normalized spacial score (nSPS) is 10.6. The molecule has 0 unspecified atom stereocenters. The summed E-state index contributed by atoms with van der Waals surface area (Å²) >= 11 is 0. The number of aromatic nitrogens is 2. The van der Waals surface area contributed by atoms with Crippen LogP contribution in [0.15, 0.2) is 84.9 Å². The van der Waals surface area contributed by atoms with Crippen LogP contribution < -0.4 is 15.4 Å². The quantitative estimate of drug-likeness (QED) is 0.519. The van der Waals surface area contributed by atoms with Crippen LogP contribution in [0.5, 0.6) is 11.5 Å². The lowest BCUT2D eigenvalue weighted by Crippen LogP contribution is -2.16. The van der Waals surface area contributed by atoms with Crippen molar-refractivity contribution in [2.45, 2.75) is 0 Å². The molecule has 30 heavy (non-hydrogen) atoms. The van der Waals surface area contributed by atoms with Gasteiger partial charge in [0.1, 0.15) is 17.2 Å². The SMILES string of the molecule is CN(C)c1cccc(-c2cc(C(N)=O)n(-c3ccc(Oc4ccccc4)cc3)n2)c1. The lowest BCUT2D eigenvalue weighted by atomic mass is 10.1. The molecule has 4 rings (SSSR count).